The highest BCUT2D eigenvalue weighted by atomic mass is 19.4. The van der Waals surface area contributed by atoms with Crippen LogP contribution >= 0.6 is 0 Å². The van der Waals surface area contributed by atoms with Crippen LogP contribution in [0.1, 0.15) is 31.9 Å². The summed E-state index contributed by atoms with van der Waals surface area (Å²) in [6, 6.07) is 10.2. The van der Waals surface area contributed by atoms with Crippen molar-refractivity contribution < 1.29 is 27.4 Å². The molecule has 2 aliphatic rings. The van der Waals surface area contributed by atoms with Gasteiger partial charge in [-0.25, -0.2) is 0 Å². The molecule has 4 atom stereocenters. The fourth-order valence-electron chi connectivity index (χ4n) is 4.37. The van der Waals surface area contributed by atoms with Gasteiger partial charge >= 0.3 is 6.36 Å². The van der Waals surface area contributed by atoms with Gasteiger partial charge < -0.3 is 14.2 Å². The molecule has 2 aliphatic heterocycles. The van der Waals surface area contributed by atoms with Crippen molar-refractivity contribution in [2.45, 2.75) is 38.5 Å². The van der Waals surface area contributed by atoms with Gasteiger partial charge in [0, 0.05) is 6.92 Å². The van der Waals surface area contributed by atoms with Crippen molar-refractivity contribution in [2.24, 2.45) is 16.7 Å². The Morgan fingerprint density at radius 1 is 1.14 bits per heavy atom. The van der Waals surface area contributed by atoms with E-state index in [9.17, 15) is 29.0 Å². The predicted molar refractivity (Wildman–Crippen MR) is 89.7 cm³/mol. The maximum Gasteiger partial charge on any atom is 0.573 e. The van der Waals surface area contributed by atoms with E-state index < -0.39 is 46.6 Å². The Kier molecular flexibility index (Phi) is 4.49. The molecule has 2 saturated heterocycles. The maximum atomic E-state index is 12.4. The lowest BCUT2D eigenvalue weighted by molar-refractivity contribution is -0.274. The predicted octanol–water partition coefficient (Wildman–Crippen LogP) is 3.95. The van der Waals surface area contributed by atoms with Crippen LogP contribution in [0.15, 0.2) is 24.3 Å². The molecule has 0 aromatic heterocycles. The van der Waals surface area contributed by atoms with Gasteiger partial charge in [-0.15, -0.1) is 13.2 Å². The van der Waals surface area contributed by atoms with Crippen molar-refractivity contribution in [1.29, 1.82) is 21.2 Å². The fraction of sp³-hybridized carbons (Fsp3) is 0.474. The van der Waals surface area contributed by atoms with E-state index in [1.165, 1.54) is 19.1 Å². The van der Waals surface area contributed by atoms with E-state index in [4.69, 9.17) is 14.9 Å². The van der Waals surface area contributed by atoms with Crippen LogP contribution in [0.5, 0.6) is 5.75 Å². The number of fused-ring (bicyclic) bond motifs is 2. The van der Waals surface area contributed by atoms with E-state index in [0.717, 1.165) is 12.1 Å². The zero-order chi connectivity index (χ0) is 21.7. The summed E-state index contributed by atoms with van der Waals surface area (Å²) in [5.74, 6) is -3.24. The van der Waals surface area contributed by atoms with E-state index in [-0.39, 0.29) is 5.56 Å². The Labute approximate surface area is 164 Å². The zero-order valence-corrected chi connectivity index (χ0v) is 15.4. The highest BCUT2D eigenvalue weighted by Crippen LogP contribution is 2.67. The van der Waals surface area contributed by atoms with Gasteiger partial charge in [0.15, 0.2) is 5.41 Å². The molecule has 1 N–H and O–H groups in total. The lowest BCUT2D eigenvalue weighted by Gasteiger charge is -2.48. The zero-order valence-electron chi connectivity index (χ0n) is 15.4. The second kappa shape index (κ2) is 6.37. The van der Waals surface area contributed by atoms with Crippen molar-refractivity contribution in [1.82, 2.24) is 0 Å². The van der Waals surface area contributed by atoms with E-state index >= 15 is 0 Å². The lowest BCUT2D eigenvalue weighted by atomic mass is 9.53. The highest BCUT2D eigenvalue weighted by molar-refractivity contribution is 5.89. The molecule has 2 fully saturated rings. The molecular formula is C19H15F3N4O3. The third-order valence-electron chi connectivity index (χ3n) is 5.54. The summed E-state index contributed by atoms with van der Waals surface area (Å²) in [6.45, 7) is 3.24. The third kappa shape index (κ3) is 2.62. The van der Waals surface area contributed by atoms with Crippen LogP contribution in [0.2, 0.25) is 0 Å². The van der Waals surface area contributed by atoms with E-state index in [1.54, 1.807) is 6.92 Å². The largest absolute Gasteiger partial charge is 0.573 e. The van der Waals surface area contributed by atoms with Crippen LogP contribution in [-0.2, 0) is 9.47 Å². The van der Waals surface area contributed by atoms with Crippen molar-refractivity contribution in [3.63, 3.8) is 0 Å². The summed E-state index contributed by atoms with van der Waals surface area (Å²) in [7, 11) is 0. The van der Waals surface area contributed by atoms with Crippen LogP contribution in [0.3, 0.4) is 0 Å². The van der Waals surface area contributed by atoms with Crippen molar-refractivity contribution in [3.05, 3.63) is 29.8 Å². The molecule has 150 valence electrons. The molecule has 7 nitrogen and oxygen atoms in total. The smallest absolute Gasteiger partial charge is 0.448 e. The Hall–Kier alpha value is -3.29. The second-order valence-corrected chi connectivity index (χ2v) is 6.97. The number of nitriles is 3. The summed E-state index contributed by atoms with van der Waals surface area (Å²) in [6.07, 6.45) is -5.92. The average Bonchev–Trinajstić information content (AvgIpc) is 2.83. The second-order valence-electron chi connectivity index (χ2n) is 6.97. The molecule has 1 aromatic carbocycles. The summed E-state index contributed by atoms with van der Waals surface area (Å²) < 4.78 is 52.5. The summed E-state index contributed by atoms with van der Waals surface area (Å²) in [5.41, 5.74) is -3.87. The minimum atomic E-state index is -4.87. The van der Waals surface area contributed by atoms with Crippen LogP contribution in [0, 0.1) is 56.2 Å². The van der Waals surface area contributed by atoms with Crippen LogP contribution in [0.4, 0.5) is 13.2 Å². The quantitative estimate of drug-likeness (QED) is 0.814. The molecule has 3 rings (SSSR count). The number of halogens is 3. The van der Waals surface area contributed by atoms with Crippen molar-refractivity contribution in [3.8, 4) is 24.0 Å². The molecule has 0 saturated carbocycles. The van der Waals surface area contributed by atoms with Gasteiger partial charge in [0.2, 0.25) is 17.1 Å². The monoisotopic (exact) mass is 404 g/mol. The van der Waals surface area contributed by atoms with Crippen LogP contribution in [-0.4, -0.2) is 18.0 Å². The molecule has 0 amide bonds. The molecule has 0 aliphatic carbocycles. The van der Waals surface area contributed by atoms with Gasteiger partial charge in [0.05, 0.1) is 24.1 Å². The first-order valence-corrected chi connectivity index (χ1v) is 8.59. The Morgan fingerprint density at radius 3 is 2.17 bits per heavy atom. The molecule has 1 aromatic rings. The van der Waals surface area contributed by atoms with E-state index in [2.05, 4.69) is 4.74 Å². The molecule has 29 heavy (non-hydrogen) atoms. The minimum absolute atomic E-state index is 0.182. The number of benzene rings is 1. The number of hydrogen-bond donors (Lipinski definition) is 1. The first-order chi connectivity index (χ1) is 13.5. The Morgan fingerprint density at radius 2 is 1.72 bits per heavy atom. The number of nitrogens with zero attached hydrogens (tertiary/aromatic N) is 3. The summed E-state index contributed by atoms with van der Waals surface area (Å²) in [5, 5.41) is 38.2. The minimum Gasteiger partial charge on any atom is -0.448 e. The van der Waals surface area contributed by atoms with Gasteiger partial charge in [-0.3, -0.25) is 5.41 Å². The molecule has 2 heterocycles. The molecular weight excluding hydrogens is 389 g/mol. The van der Waals surface area contributed by atoms with Crippen LogP contribution < -0.4 is 4.74 Å². The fourth-order valence-corrected chi connectivity index (χ4v) is 4.37. The van der Waals surface area contributed by atoms with Gasteiger partial charge in [-0.2, -0.15) is 15.8 Å². The SMILES string of the molecule is CCC1C2(C)OC(=N)C1(C#N)C(C#N)(C#N)C(c1ccc(OC(F)(F)F)cc1)O2. The first kappa shape index (κ1) is 20.4. The average molecular weight is 404 g/mol. The number of ether oxygens (including phenoxy) is 3. The first-order valence-electron chi connectivity index (χ1n) is 8.59. The van der Waals surface area contributed by atoms with Crippen LogP contribution in [0.25, 0.3) is 0 Å². The lowest BCUT2D eigenvalue weighted by Crippen LogP contribution is -2.58. The standard InChI is InChI=1S/C19H15F3N4O3/c1-3-13-16(2)28-14(11-4-6-12(7-5-11)27-19(20,21)22)17(8-23,9-24)18(13,10-25)15(26)29-16/h4-7,13-14,26H,3H2,1-2H3. The normalized spacial score (nSPS) is 32.4. The number of nitrogens with one attached hydrogen (secondary N) is 1. The number of hydrogen-bond acceptors (Lipinski definition) is 7. The van der Waals surface area contributed by atoms with Crippen molar-refractivity contribution >= 4 is 5.90 Å². The maximum absolute atomic E-state index is 12.4. The highest BCUT2D eigenvalue weighted by Gasteiger charge is 2.78. The molecule has 4 unspecified atom stereocenters. The molecule has 0 spiro atoms. The summed E-state index contributed by atoms with van der Waals surface area (Å²) >= 11 is 0. The molecule has 10 heteroatoms. The van der Waals surface area contributed by atoms with Gasteiger partial charge in [-0.05, 0) is 24.1 Å². The topological polar surface area (TPSA) is 123 Å². The van der Waals surface area contributed by atoms with Gasteiger partial charge in [0.1, 0.15) is 11.9 Å². The van der Waals surface area contributed by atoms with E-state index in [1.807, 2.05) is 18.2 Å². The van der Waals surface area contributed by atoms with Gasteiger partial charge in [-0.1, -0.05) is 19.1 Å². The van der Waals surface area contributed by atoms with Gasteiger partial charge in [0.25, 0.3) is 0 Å². The number of alkyl halides is 3. The number of rotatable bonds is 3. The molecule has 2 bridgehead atoms. The van der Waals surface area contributed by atoms with Crippen molar-refractivity contribution in [2.75, 3.05) is 0 Å². The van der Waals surface area contributed by atoms with E-state index in [0.29, 0.717) is 6.42 Å². The third-order valence-corrected chi connectivity index (χ3v) is 5.54. The Balaban J connectivity index is 2.16. The summed E-state index contributed by atoms with van der Waals surface area (Å²) in [4.78, 5) is 0. The Bertz CT molecular complexity index is 959. The molecule has 0 radical (unpaired) electrons.